The number of sulfonamides is 1. The van der Waals surface area contributed by atoms with Crippen LogP contribution >= 0.6 is 11.6 Å². The van der Waals surface area contributed by atoms with Crippen molar-refractivity contribution in [1.82, 2.24) is 9.79 Å². The molecule has 25 heavy (non-hydrogen) atoms. The number of carbonyl (C=O) groups excluding carboxylic acids is 3. The monoisotopic (exact) mass is 388 g/mol. The SMILES string of the molecule is CC(C)[C@H](NS(=O)(=O)c1ccc(Cl)cc1)C(=O)ON1C(=O)CCC1=O. The molecule has 0 aliphatic carbocycles. The van der Waals surface area contributed by atoms with Gasteiger partial charge in [-0.3, -0.25) is 9.59 Å². The molecule has 0 aromatic heterocycles. The van der Waals surface area contributed by atoms with Gasteiger partial charge in [-0.15, -0.1) is 5.06 Å². The number of hydroxylamine groups is 2. The Morgan fingerprint density at radius 1 is 1.16 bits per heavy atom. The van der Waals surface area contributed by atoms with Crippen LogP contribution in [0.5, 0.6) is 0 Å². The van der Waals surface area contributed by atoms with Crippen LogP contribution in [-0.4, -0.2) is 37.3 Å². The summed E-state index contributed by atoms with van der Waals surface area (Å²) in [4.78, 5) is 40.1. The summed E-state index contributed by atoms with van der Waals surface area (Å²) in [5, 5.41) is 0.749. The van der Waals surface area contributed by atoms with Crippen LogP contribution in [0, 0.1) is 5.92 Å². The number of nitrogens with zero attached hydrogens (tertiary/aromatic N) is 1. The molecule has 2 amide bonds. The normalized spacial score (nSPS) is 16.4. The molecular formula is C15H17ClN2O6S. The van der Waals surface area contributed by atoms with E-state index in [4.69, 9.17) is 16.4 Å². The number of halogens is 1. The van der Waals surface area contributed by atoms with Gasteiger partial charge in [0.25, 0.3) is 11.8 Å². The minimum absolute atomic E-state index is 0.0467. The van der Waals surface area contributed by atoms with E-state index in [0.717, 1.165) is 0 Å². The molecule has 10 heteroatoms. The lowest BCUT2D eigenvalue weighted by Gasteiger charge is -2.22. The van der Waals surface area contributed by atoms with Crippen molar-refractivity contribution in [2.45, 2.75) is 37.6 Å². The summed E-state index contributed by atoms with van der Waals surface area (Å²) in [6.45, 7) is 3.20. The highest BCUT2D eigenvalue weighted by Crippen LogP contribution is 2.18. The lowest BCUT2D eigenvalue weighted by atomic mass is 10.1. The van der Waals surface area contributed by atoms with Gasteiger partial charge in [0.15, 0.2) is 0 Å². The molecule has 1 N–H and O–H groups in total. The van der Waals surface area contributed by atoms with Crippen molar-refractivity contribution < 1.29 is 27.6 Å². The van der Waals surface area contributed by atoms with Gasteiger partial charge >= 0.3 is 5.97 Å². The average molecular weight is 389 g/mol. The average Bonchev–Trinajstić information content (AvgIpc) is 2.84. The van der Waals surface area contributed by atoms with E-state index < -0.39 is 39.8 Å². The Morgan fingerprint density at radius 2 is 1.68 bits per heavy atom. The van der Waals surface area contributed by atoms with Crippen LogP contribution in [-0.2, 0) is 29.2 Å². The van der Waals surface area contributed by atoms with Crippen LogP contribution in [0.4, 0.5) is 0 Å². The predicted octanol–water partition coefficient (Wildman–Crippen LogP) is 1.25. The Balaban J connectivity index is 2.17. The first kappa shape index (κ1) is 19.4. The summed E-state index contributed by atoms with van der Waals surface area (Å²) >= 11 is 5.73. The summed E-state index contributed by atoms with van der Waals surface area (Å²) in [7, 11) is -4.02. The van der Waals surface area contributed by atoms with Crippen LogP contribution in [0.15, 0.2) is 29.2 Å². The molecule has 8 nitrogen and oxygen atoms in total. The molecule has 0 unspecified atom stereocenters. The van der Waals surface area contributed by atoms with Crippen LogP contribution in [0.1, 0.15) is 26.7 Å². The fourth-order valence-electron chi connectivity index (χ4n) is 2.11. The summed E-state index contributed by atoms with van der Waals surface area (Å²) in [6, 6.07) is 4.12. The number of rotatable bonds is 6. The quantitative estimate of drug-likeness (QED) is 0.734. The van der Waals surface area contributed by atoms with Gasteiger partial charge in [-0.25, -0.2) is 13.2 Å². The van der Waals surface area contributed by atoms with E-state index >= 15 is 0 Å². The molecule has 1 aromatic rings. The van der Waals surface area contributed by atoms with Crippen LogP contribution in [0.3, 0.4) is 0 Å². The molecule has 0 bridgehead atoms. The first-order valence-electron chi connectivity index (χ1n) is 7.47. The zero-order valence-corrected chi connectivity index (χ0v) is 15.1. The second kappa shape index (κ2) is 7.51. The second-order valence-corrected chi connectivity index (χ2v) is 7.94. The molecule has 1 aliphatic rings. The van der Waals surface area contributed by atoms with E-state index in [0.29, 0.717) is 10.1 Å². The zero-order valence-electron chi connectivity index (χ0n) is 13.6. The summed E-state index contributed by atoms with van der Waals surface area (Å²) in [5.74, 6) is -2.79. The van der Waals surface area contributed by atoms with Crippen molar-refractivity contribution in [2.75, 3.05) is 0 Å². The molecule has 1 aliphatic heterocycles. The zero-order chi connectivity index (χ0) is 18.8. The van der Waals surface area contributed by atoms with Gasteiger partial charge in [0.2, 0.25) is 10.0 Å². The minimum atomic E-state index is -4.02. The molecule has 1 fully saturated rings. The van der Waals surface area contributed by atoms with Crippen molar-refractivity contribution in [3.8, 4) is 0 Å². The van der Waals surface area contributed by atoms with E-state index in [1.54, 1.807) is 13.8 Å². The van der Waals surface area contributed by atoms with E-state index in [9.17, 15) is 22.8 Å². The van der Waals surface area contributed by atoms with Gasteiger partial charge < -0.3 is 4.84 Å². The fraction of sp³-hybridized carbons (Fsp3) is 0.400. The Morgan fingerprint density at radius 3 is 2.16 bits per heavy atom. The molecule has 0 saturated carbocycles. The highest BCUT2D eigenvalue weighted by Gasteiger charge is 2.37. The third-order valence-electron chi connectivity index (χ3n) is 3.51. The van der Waals surface area contributed by atoms with Crippen LogP contribution in [0.25, 0.3) is 0 Å². The number of nitrogens with one attached hydrogen (secondary N) is 1. The Bertz CT molecular complexity index is 775. The molecule has 0 radical (unpaired) electrons. The number of hydrogen-bond acceptors (Lipinski definition) is 6. The van der Waals surface area contributed by atoms with E-state index in [2.05, 4.69) is 4.72 Å². The van der Waals surface area contributed by atoms with Crippen molar-refractivity contribution in [1.29, 1.82) is 0 Å². The van der Waals surface area contributed by atoms with Gasteiger partial charge in [0, 0.05) is 17.9 Å². The van der Waals surface area contributed by atoms with E-state index in [-0.39, 0.29) is 17.7 Å². The molecule has 2 rings (SSSR count). The number of amides is 2. The van der Waals surface area contributed by atoms with Crippen molar-refractivity contribution >= 4 is 39.4 Å². The maximum Gasteiger partial charge on any atom is 0.351 e. The number of imide groups is 1. The second-order valence-electron chi connectivity index (χ2n) is 5.79. The van der Waals surface area contributed by atoms with Crippen LogP contribution < -0.4 is 4.72 Å². The molecule has 1 saturated heterocycles. The predicted molar refractivity (Wildman–Crippen MR) is 87.6 cm³/mol. The molecular weight excluding hydrogens is 372 g/mol. The first-order valence-corrected chi connectivity index (χ1v) is 9.33. The standard InChI is InChI=1S/C15H17ClN2O6S/c1-9(2)14(15(21)24-18-12(19)7-8-13(18)20)17-25(22,23)11-5-3-10(16)4-6-11/h3-6,9,14,17H,7-8H2,1-2H3/t14-/m0/s1. The Labute approximate surface area is 150 Å². The lowest BCUT2D eigenvalue weighted by molar-refractivity contribution is -0.199. The van der Waals surface area contributed by atoms with Gasteiger partial charge in [0.05, 0.1) is 4.90 Å². The van der Waals surface area contributed by atoms with Gasteiger partial charge in [0.1, 0.15) is 6.04 Å². The highest BCUT2D eigenvalue weighted by molar-refractivity contribution is 7.89. The summed E-state index contributed by atoms with van der Waals surface area (Å²) in [6.07, 6.45) is -0.0933. The van der Waals surface area contributed by atoms with Gasteiger partial charge in [-0.05, 0) is 30.2 Å². The topological polar surface area (TPSA) is 110 Å². The Kier molecular flexibility index (Phi) is 5.81. The molecule has 1 heterocycles. The maximum absolute atomic E-state index is 12.4. The number of benzene rings is 1. The van der Waals surface area contributed by atoms with Crippen molar-refractivity contribution in [3.63, 3.8) is 0 Å². The lowest BCUT2D eigenvalue weighted by Crippen LogP contribution is -2.48. The highest BCUT2D eigenvalue weighted by atomic mass is 35.5. The first-order chi connectivity index (χ1) is 11.6. The number of hydrogen-bond donors (Lipinski definition) is 1. The molecule has 0 spiro atoms. The van der Waals surface area contributed by atoms with Crippen LogP contribution in [0.2, 0.25) is 5.02 Å². The third kappa shape index (κ3) is 4.56. The van der Waals surface area contributed by atoms with Crippen molar-refractivity contribution in [2.24, 2.45) is 5.92 Å². The summed E-state index contributed by atoms with van der Waals surface area (Å²) in [5.41, 5.74) is 0. The smallest absolute Gasteiger partial charge is 0.329 e. The third-order valence-corrected chi connectivity index (χ3v) is 5.22. The number of carbonyl (C=O) groups is 3. The maximum atomic E-state index is 12.4. The van der Waals surface area contributed by atoms with Gasteiger partial charge in [-0.2, -0.15) is 4.72 Å². The van der Waals surface area contributed by atoms with Gasteiger partial charge in [-0.1, -0.05) is 25.4 Å². The fourth-order valence-corrected chi connectivity index (χ4v) is 3.57. The van der Waals surface area contributed by atoms with E-state index in [1.807, 2.05) is 0 Å². The minimum Gasteiger partial charge on any atom is -0.329 e. The molecule has 1 atom stereocenters. The van der Waals surface area contributed by atoms with Crippen molar-refractivity contribution in [3.05, 3.63) is 29.3 Å². The molecule has 1 aromatic carbocycles. The summed E-state index contributed by atoms with van der Waals surface area (Å²) < 4.78 is 27.1. The molecule has 136 valence electrons. The Hall–Kier alpha value is -1.97. The van der Waals surface area contributed by atoms with E-state index in [1.165, 1.54) is 24.3 Å². The largest absolute Gasteiger partial charge is 0.351 e.